The number of hydrogen-bond donors (Lipinski definition) is 1. The second-order valence-corrected chi connectivity index (χ2v) is 5.89. The zero-order valence-electron chi connectivity index (χ0n) is 13.8. The Labute approximate surface area is 138 Å². The van der Waals surface area contributed by atoms with Crippen molar-refractivity contribution < 1.29 is 23.4 Å². The number of hydrogen-bond acceptors (Lipinski definition) is 3. The lowest BCUT2D eigenvalue weighted by atomic mass is 10.1. The number of aliphatic carboxylic acids is 1. The average Bonchev–Trinajstić information content (AvgIpc) is 2.85. The molecule has 0 fully saturated rings. The second kappa shape index (κ2) is 7.42. The number of nitrogens with zero attached hydrogens (tertiary/aromatic N) is 2. The third-order valence-electron chi connectivity index (χ3n) is 3.47. The number of rotatable bonds is 7. The molecule has 0 aliphatic rings. The average molecular weight is 338 g/mol. The fourth-order valence-electron chi connectivity index (χ4n) is 2.42. The molecule has 2 aromatic rings. The van der Waals surface area contributed by atoms with Gasteiger partial charge in [0.2, 0.25) is 0 Å². The van der Waals surface area contributed by atoms with E-state index in [4.69, 9.17) is 9.84 Å². The van der Waals surface area contributed by atoms with Gasteiger partial charge in [-0.1, -0.05) is 0 Å². The van der Waals surface area contributed by atoms with E-state index in [-0.39, 0.29) is 31.1 Å². The van der Waals surface area contributed by atoms with Crippen LogP contribution in [0.3, 0.4) is 0 Å². The molecule has 0 bridgehead atoms. The van der Waals surface area contributed by atoms with E-state index >= 15 is 0 Å². The summed E-state index contributed by atoms with van der Waals surface area (Å²) in [7, 11) is 0. The van der Waals surface area contributed by atoms with Crippen LogP contribution in [0.1, 0.15) is 43.3 Å². The largest absolute Gasteiger partial charge is 0.481 e. The first-order valence-corrected chi connectivity index (χ1v) is 7.65. The van der Waals surface area contributed by atoms with Crippen molar-refractivity contribution in [3.05, 3.63) is 46.8 Å². The van der Waals surface area contributed by atoms with E-state index < -0.39 is 23.4 Å². The SMILES string of the molecule is Cc1cc(COc2c(F)cc(CCC(=O)O)cc2F)n(C(C)C)n1. The second-order valence-electron chi connectivity index (χ2n) is 5.89. The van der Waals surface area contributed by atoms with Crippen LogP contribution in [0.4, 0.5) is 8.78 Å². The molecule has 2 rings (SSSR count). The normalized spacial score (nSPS) is 11.1. The minimum Gasteiger partial charge on any atom is -0.481 e. The number of carboxylic acid groups (broad SMARTS) is 1. The van der Waals surface area contributed by atoms with Crippen molar-refractivity contribution in [3.8, 4) is 5.75 Å². The summed E-state index contributed by atoms with van der Waals surface area (Å²) in [5, 5.41) is 12.9. The van der Waals surface area contributed by atoms with Crippen molar-refractivity contribution in [2.45, 2.75) is 46.3 Å². The highest BCUT2D eigenvalue weighted by Crippen LogP contribution is 2.25. The molecule has 1 aromatic heterocycles. The third kappa shape index (κ3) is 4.31. The minimum atomic E-state index is -1.02. The van der Waals surface area contributed by atoms with Gasteiger partial charge in [-0.05, 0) is 51.0 Å². The number of carbonyl (C=O) groups is 1. The zero-order valence-corrected chi connectivity index (χ0v) is 13.8. The molecule has 0 saturated carbocycles. The third-order valence-corrected chi connectivity index (χ3v) is 3.47. The predicted molar refractivity (Wildman–Crippen MR) is 84.0 cm³/mol. The van der Waals surface area contributed by atoms with Gasteiger partial charge in [-0.25, -0.2) is 8.78 Å². The molecule has 0 atom stereocenters. The van der Waals surface area contributed by atoms with Crippen molar-refractivity contribution in [3.63, 3.8) is 0 Å². The fraction of sp³-hybridized carbons (Fsp3) is 0.412. The Bertz CT molecular complexity index is 718. The number of aromatic nitrogens is 2. The fourth-order valence-corrected chi connectivity index (χ4v) is 2.42. The summed E-state index contributed by atoms with van der Waals surface area (Å²) < 4.78 is 35.2. The van der Waals surface area contributed by atoms with Gasteiger partial charge < -0.3 is 9.84 Å². The maximum absolute atomic E-state index is 14.1. The van der Waals surface area contributed by atoms with Gasteiger partial charge >= 0.3 is 5.97 Å². The molecule has 1 heterocycles. The summed E-state index contributed by atoms with van der Waals surface area (Å²) in [5.41, 5.74) is 1.80. The molecule has 0 saturated heterocycles. The smallest absolute Gasteiger partial charge is 0.303 e. The summed E-state index contributed by atoms with van der Waals surface area (Å²) in [6.07, 6.45) is -0.130. The molecule has 7 heteroatoms. The summed E-state index contributed by atoms with van der Waals surface area (Å²) >= 11 is 0. The Balaban J connectivity index is 2.14. The first kappa shape index (κ1) is 17.9. The summed E-state index contributed by atoms with van der Waals surface area (Å²) in [4.78, 5) is 10.5. The van der Waals surface area contributed by atoms with Crippen LogP contribution in [0.25, 0.3) is 0 Å². The van der Waals surface area contributed by atoms with Crippen molar-refractivity contribution in [1.82, 2.24) is 9.78 Å². The number of benzene rings is 1. The van der Waals surface area contributed by atoms with Crippen molar-refractivity contribution in [2.75, 3.05) is 0 Å². The first-order valence-electron chi connectivity index (χ1n) is 7.65. The van der Waals surface area contributed by atoms with Gasteiger partial charge in [0.25, 0.3) is 0 Å². The van der Waals surface area contributed by atoms with Crippen LogP contribution in [-0.2, 0) is 17.8 Å². The van der Waals surface area contributed by atoms with E-state index in [9.17, 15) is 13.6 Å². The molecule has 0 unspecified atom stereocenters. The van der Waals surface area contributed by atoms with E-state index in [0.717, 1.165) is 23.5 Å². The Morgan fingerprint density at radius 1 is 1.29 bits per heavy atom. The van der Waals surface area contributed by atoms with E-state index in [2.05, 4.69) is 5.10 Å². The summed E-state index contributed by atoms with van der Waals surface area (Å²) in [6.45, 7) is 5.73. The van der Waals surface area contributed by atoms with E-state index in [1.165, 1.54) is 0 Å². The molecule has 1 aromatic carbocycles. The molecular formula is C17H20F2N2O3. The summed E-state index contributed by atoms with van der Waals surface area (Å²) in [6, 6.07) is 4.11. The highest BCUT2D eigenvalue weighted by atomic mass is 19.1. The monoisotopic (exact) mass is 338 g/mol. The maximum atomic E-state index is 14.1. The Morgan fingerprint density at radius 3 is 2.46 bits per heavy atom. The standard InChI is InChI=1S/C17H20F2N2O3/c1-10(2)21-13(6-11(3)20-21)9-24-17-14(18)7-12(8-15(17)19)4-5-16(22)23/h6-8,10H,4-5,9H2,1-3H3,(H,22,23). The van der Waals surface area contributed by atoms with Crippen LogP contribution in [-0.4, -0.2) is 20.9 Å². The van der Waals surface area contributed by atoms with Crippen LogP contribution in [0.2, 0.25) is 0 Å². The van der Waals surface area contributed by atoms with Crippen LogP contribution in [0.15, 0.2) is 18.2 Å². The molecule has 0 amide bonds. The Hall–Kier alpha value is -2.44. The van der Waals surface area contributed by atoms with Crippen molar-refractivity contribution in [1.29, 1.82) is 0 Å². The van der Waals surface area contributed by atoms with Gasteiger partial charge in [0.1, 0.15) is 6.61 Å². The molecular weight excluding hydrogens is 318 g/mol. The van der Waals surface area contributed by atoms with Crippen LogP contribution < -0.4 is 4.74 Å². The van der Waals surface area contributed by atoms with E-state index in [1.54, 1.807) is 10.7 Å². The molecule has 5 nitrogen and oxygen atoms in total. The lowest BCUT2D eigenvalue weighted by Gasteiger charge is -2.13. The summed E-state index contributed by atoms with van der Waals surface area (Å²) in [5.74, 6) is -3.18. The number of aryl methyl sites for hydroxylation is 2. The van der Waals surface area contributed by atoms with Gasteiger partial charge in [-0.2, -0.15) is 5.10 Å². The first-order chi connectivity index (χ1) is 11.3. The van der Waals surface area contributed by atoms with Gasteiger partial charge in [0.15, 0.2) is 17.4 Å². The highest BCUT2D eigenvalue weighted by Gasteiger charge is 2.16. The molecule has 24 heavy (non-hydrogen) atoms. The number of carboxylic acids is 1. The Kier molecular flexibility index (Phi) is 5.54. The van der Waals surface area contributed by atoms with Crippen LogP contribution >= 0.6 is 0 Å². The molecule has 0 aliphatic carbocycles. The maximum Gasteiger partial charge on any atom is 0.303 e. The lowest BCUT2D eigenvalue weighted by molar-refractivity contribution is -0.136. The lowest BCUT2D eigenvalue weighted by Crippen LogP contribution is -2.11. The van der Waals surface area contributed by atoms with Crippen LogP contribution in [0, 0.1) is 18.6 Å². The van der Waals surface area contributed by atoms with E-state index in [0.29, 0.717) is 0 Å². The van der Waals surface area contributed by atoms with Gasteiger partial charge in [-0.3, -0.25) is 9.48 Å². The van der Waals surface area contributed by atoms with Gasteiger partial charge in [-0.15, -0.1) is 0 Å². The minimum absolute atomic E-state index is 0.0126. The number of halogens is 2. The molecule has 1 N–H and O–H groups in total. The molecule has 0 radical (unpaired) electrons. The van der Waals surface area contributed by atoms with Gasteiger partial charge in [0.05, 0.1) is 11.4 Å². The van der Waals surface area contributed by atoms with Crippen LogP contribution in [0.5, 0.6) is 5.75 Å². The quantitative estimate of drug-likeness (QED) is 0.837. The molecule has 0 aliphatic heterocycles. The van der Waals surface area contributed by atoms with Crippen molar-refractivity contribution >= 4 is 5.97 Å². The molecule has 0 spiro atoms. The number of ether oxygens (including phenoxy) is 1. The van der Waals surface area contributed by atoms with E-state index in [1.807, 2.05) is 20.8 Å². The zero-order chi connectivity index (χ0) is 17.9. The molecule has 130 valence electrons. The predicted octanol–water partition coefficient (Wildman–Crippen LogP) is 3.65. The topological polar surface area (TPSA) is 64.3 Å². The highest BCUT2D eigenvalue weighted by molar-refractivity contribution is 5.67. The Morgan fingerprint density at radius 2 is 1.92 bits per heavy atom. The van der Waals surface area contributed by atoms with Crippen molar-refractivity contribution in [2.24, 2.45) is 0 Å². The van der Waals surface area contributed by atoms with Gasteiger partial charge in [0, 0.05) is 12.5 Å².